The van der Waals surface area contributed by atoms with Crippen LogP contribution in [-0.2, 0) is 14.3 Å². The van der Waals surface area contributed by atoms with E-state index in [1.54, 1.807) is 4.90 Å². The van der Waals surface area contributed by atoms with Crippen LogP contribution >= 0.6 is 0 Å². The van der Waals surface area contributed by atoms with E-state index in [1.165, 1.54) is 0 Å². The third-order valence-electron chi connectivity index (χ3n) is 5.08. The molecule has 4 atom stereocenters. The summed E-state index contributed by atoms with van der Waals surface area (Å²) in [5, 5.41) is 9.44. The van der Waals surface area contributed by atoms with Gasteiger partial charge in [0.05, 0.1) is 0 Å². The molecule has 1 amide bonds. The predicted molar refractivity (Wildman–Crippen MR) is 72.2 cm³/mol. The molecule has 3 aliphatic rings. The second kappa shape index (κ2) is 5.72. The van der Waals surface area contributed by atoms with Crippen molar-refractivity contribution < 1.29 is 19.4 Å². The van der Waals surface area contributed by atoms with Gasteiger partial charge in [0, 0.05) is 12.6 Å². The first kappa shape index (κ1) is 13.9. The fourth-order valence-corrected chi connectivity index (χ4v) is 4.10. The first-order valence-electron chi connectivity index (χ1n) is 7.85. The molecule has 1 saturated carbocycles. The molecule has 0 unspecified atom stereocenters. The number of aliphatic carboxylic acids is 1. The Morgan fingerprint density at radius 3 is 2.50 bits per heavy atom. The molecule has 2 saturated heterocycles. The monoisotopic (exact) mass is 281 g/mol. The molecule has 0 radical (unpaired) electrons. The average molecular weight is 281 g/mol. The number of rotatable bonds is 2. The number of carboxylic acids is 1. The molecule has 0 aromatic heterocycles. The van der Waals surface area contributed by atoms with Gasteiger partial charge in [-0.05, 0) is 44.4 Å². The van der Waals surface area contributed by atoms with E-state index in [0.717, 1.165) is 44.9 Å². The molecule has 2 heterocycles. The molecule has 0 bridgehead atoms. The SMILES string of the molecule is O=C(O)[C@@H]1C[C@@H]2CCCC[C@@H]2N1C(=O)[C@@H]1CCCCO1. The summed E-state index contributed by atoms with van der Waals surface area (Å²) in [6.45, 7) is 0.621. The van der Waals surface area contributed by atoms with E-state index in [9.17, 15) is 14.7 Å². The second-order valence-corrected chi connectivity index (χ2v) is 6.30. The number of hydrogen-bond acceptors (Lipinski definition) is 3. The summed E-state index contributed by atoms with van der Waals surface area (Å²) >= 11 is 0. The molecule has 0 spiro atoms. The van der Waals surface area contributed by atoms with Crippen LogP contribution in [0.3, 0.4) is 0 Å². The highest BCUT2D eigenvalue weighted by atomic mass is 16.5. The number of likely N-dealkylation sites (tertiary alicyclic amines) is 1. The Balaban J connectivity index is 1.79. The standard InChI is InChI=1S/C15H23NO4/c17-14(13-7-3-4-8-20-13)16-11-6-2-1-5-10(11)9-12(16)15(18)19/h10-13H,1-9H2,(H,18,19)/t10-,11-,12-,13-/m0/s1. The van der Waals surface area contributed by atoms with Gasteiger partial charge in [-0.3, -0.25) is 4.79 Å². The van der Waals surface area contributed by atoms with E-state index in [2.05, 4.69) is 0 Å². The average Bonchev–Trinajstić information content (AvgIpc) is 2.87. The minimum atomic E-state index is -0.858. The molecule has 1 aliphatic carbocycles. The molecule has 5 nitrogen and oxygen atoms in total. The van der Waals surface area contributed by atoms with Gasteiger partial charge < -0.3 is 14.7 Å². The molecule has 5 heteroatoms. The Kier molecular flexibility index (Phi) is 3.96. The van der Waals surface area contributed by atoms with E-state index < -0.39 is 18.1 Å². The zero-order valence-electron chi connectivity index (χ0n) is 11.8. The molecule has 1 N–H and O–H groups in total. The Morgan fingerprint density at radius 2 is 1.80 bits per heavy atom. The van der Waals surface area contributed by atoms with Gasteiger partial charge in [-0.15, -0.1) is 0 Å². The predicted octanol–water partition coefficient (Wildman–Crippen LogP) is 1.80. The summed E-state index contributed by atoms with van der Waals surface area (Å²) in [6.07, 6.45) is 7.21. The van der Waals surface area contributed by atoms with Crippen molar-refractivity contribution in [1.29, 1.82) is 0 Å². The molecule has 3 rings (SSSR count). The summed E-state index contributed by atoms with van der Waals surface area (Å²) in [4.78, 5) is 25.9. The number of carbonyl (C=O) groups excluding carboxylic acids is 1. The van der Waals surface area contributed by atoms with Gasteiger partial charge in [0.1, 0.15) is 12.1 Å². The number of fused-ring (bicyclic) bond motifs is 1. The molecular formula is C15H23NO4. The Hall–Kier alpha value is -1.10. The molecule has 20 heavy (non-hydrogen) atoms. The number of nitrogens with zero attached hydrogens (tertiary/aromatic N) is 1. The van der Waals surface area contributed by atoms with Crippen molar-refractivity contribution in [1.82, 2.24) is 4.90 Å². The van der Waals surface area contributed by atoms with Crippen LogP contribution in [0.2, 0.25) is 0 Å². The van der Waals surface area contributed by atoms with Crippen LogP contribution in [0, 0.1) is 5.92 Å². The summed E-state index contributed by atoms with van der Waals surface area (Å²) in [5.41, 5.74) is 0. The van der Waals surface area contributed by atoms with E-state index >= 15 is 0 Å². The summed E-state index contributed by atoms with van der Waals surface area (Å²) in [5.74, 6) is -0.563. The zero-order valence-corrected chi connectivity index (χ0v) is 11.8. The molecule has 0 aromatic rings. The van der Waals surface area contributed by atoms with E-state index in [1.807, 2.05) is 0 Å². The zero-order chi connectivity index (χ0) is 14.1. The van der Waals surface area contributed by atoms with Crippen molar-refractivity contribution in [2.75, 3.05) is 6.61 Å². The van der Waals surface area contributed by atoms with Gasteiger partial charge in [0.2, 0.25) is 0 Å². The Labute approximate surface area is 119 Å². The minimum Gasteiger partial charge on any atom is -0.480 e. The van der Waals surface area contributed by atoms with Gasteiger partial charge >= 0.3 is 5.97 Å². The molecular weight excluding hydrogens is 258 g/mol. The summed E-state index contributed by atoms with van der Waals surface area (Å²) in [6, 6.07) is -0.510. The van der Waals surface area contributed by atoms with Gasteiger partial charge in [-0.2, -0.15) is 0 Å². The quantitative estimate of drug-likeness (QED) is 0.838. The smallest absolute Gasteiger partial charge is 0.326 e. The molecule has 3 fully saturated rings. The van der Waals surface area contributed by atoms with Gasteiger partial charge in [0.15, 0.2) is 0 Å². The topological polar surface area (TPSA) is 66.8 Å². The van der Waals surface area contributed by atoms with Crippen LogP contribution in [0.5, 0.6) is 0 Å². The molecule has 2 aliphatic heterocycles. The largest absolute Gasteiger partial charge is 0.480 e. The summed E-state index contributed by atoms with van der Waals surface area (Å²) in [7, 11) is 0. The first-order valence-corrected chi connectivity index (χ1v) is 7.85. The van der Waals surface area contributed by atoms with Crippen LogP contribution in [0.25, 0.3) is 0 Å². The fourth-order valence-electron chi connectivity index (χ4n) is 4.10. The molecule has 112 valence electrons. The maximum atomic E-state index is 12.7. The van der Waals surface area contributed by atoms with Crippen molar-refractivity contribution in [2.24, 2.45) is 5.92 Å². The van der Waals surface area contributed by atoms with Crippen molar-refractivity contribution in [3.63, 3.8) is 0 Å². The van der Waals surface area contributed by atoms with E-state index in [0.29, 0.717) is 18.9 Å². The van der Waals surface area contributed by atoms with Crippen LogP contribution in [0.1, 0.15) is 51.4 Å². The van der Waals surface area contributed by atoms with Crippen LogP contribution in [-0.4, -0.2) is 46.7 Å². The fraction of sp³-hybridized carbons (Fsp3) is 0.867. The van der Waals surface area contributed by atoms with Gasteiger partial charge in [-0.1, -0.05) is 12.8 Å². The van der Waals surface area contributed by atoms with E-state index in [4.69, 9.17) is 4.74 Å². The third kappa shape index (κ3) is 2.43. The van der Waals surface area contributed by atoms with E-state index in [-0.39, 0.29) is 11.9 Å². The lowest BCUT2D eigenvalue weighted by atomic mass is 9.84. The van der Waals surface area contributed by atoms with Gasteiger partial charge in [0.25, 0.3) is 5.91 Å². The maximum Gasteiger partial charge on any atom is 0.326 e. The number of carboxylic acid groups (broad SMARTS) is 1. The summed E-state index contributed by atoms with van der Waals surface area (Å²) < 4.78 is 5.58. The normalized spacial score (nSPS) is 37.5. The van der Waals surface area contributed by atoms with Crippen molar-refractivity contribution in [2.45, 2.75) is 69.6 Å². The minimum absolute atomic E-state index is 0.0773. The van der Waals surface area contributed by atoms with Crippen LogP contribution in [0.15, 0.2) is 0 Å². The number of hydrogen-bond donors (Lipinski definition) is 1. The highest BCUT2D eigenvalue weighted by molar-refractivity contribution is 5.87. The lowest BCUT2D eigenvalue weighted by Crippen LogP contribution is -2.51. The van der Waals surface area contributed by atoms with Gasteiger partial charge in [-0.25, -0.2) is 4.79 Å². The molecule has 0 aromatic carbocycles. The third-order valence-corrected chi connectivity index (χ3v) is 5.08. The Bertz CT molecular complexity index is 391. The van der Waals surface area contributed by atoms with Crippen molar-refractivity contribution >= 4 is 11.9 Å². The lowest BCUT2D eigenvalue weighted by Gasteiger charge is -2.36. The van der Waals surface area contributed by atoms with Crippen LogP contribution < -0.4 is 0 Å². The van der Waals surface area contributed by atoms with Crippen molar-refractivity contribution in [3.05, 3.63) is 0 Å². The Morgan fingerprint density at radius 1 is 1.05 bits per heavy atom. The van der Waals surface area contributed by atoms with Crippen molar-refractivity contribution in [3.8, 4) is 0 Å². The number of carbonyl (C=O) groups is 2. The van der Waals surface area contributed by atoms with Crippen LogP contribution in [0.4, 0.5) is 0 Å². The highest BCUT2D eigenvalue weighted by Gasteiger charge is 2.49. The maximum absolute atomic E-state index is 12.7. The first-order chi connectivity index (χ1) is 9.68. The second-order valence-electron chi connectivity index (χ2n) is 6.30. The lowest BCUT2D eigenvalue weighted by molar-refractivity contribution is -0.158. The highest BCUT2D eigenvalue weighted by Crippen LogP contribution is 2.40. The number of amides is 1. The number of ether oxygens (including phenoxy) is 1.